The molecule has 0 aromatic rings. The second-order valence-corrected chi connectivity index (χ2v) is 2.21. The van der Waals surface area contributed by atoms with Crippen molar-refractivity contribution < 1.29 is 19.4 Å². The van der Waals surface area contributed by atoms with Gasteiger partial charge < -0.3 is 14.6 Å². The topological polar surface area (TPSA) is 55.8 Å². The lowest BCUT2D eigenvalue weighted by Gasteiger charge is -1.98. The largest absolute Gasteiger partial charge is 0.508 e. The van der Waals surface area contributed by atoms with Gasteiger partial charge in [-0.15, -0.1) is 0 Å². The van der Waals surface area contributed by atoms with Crippen LogP contribution in [0.4, 0.5) is 4.79 Å². The summed E-state index contributed by atoms with van der Waals surface area (Å²) in [5, 5.41) is 8.06. The Bertz CT molecular complexity index is 90.5. The van der Waals surface area contributed by atoms with E-state index in [4.69, 9.17) is 5.11 Å². The first-order chi connectivity index (χ1) is 5.54. The molecule has 0 amide bonds. The molecule has 74 valence electrons. The molecular weight excluding hydrogens is 160 g/mol. The van der Waals surface area contributed by atoms with E-state index in [1.54, 1.807) is 27.7 Å². The molecule has 4 heteroatoms. The number of rotatable bonds is 2. The van der Waals surface area contributed by atoms with Crippen LogP contribution < -0.4 is 0 Å². The Morgan fingerprint density at radius 1 is 1.25 bits per heavy atom. The highest BCUT2D eigenvalue weighted by atomic mass is 16.7. The molecule has 0 saturated heterocycles. The summed E-state index contributed by atoms with van der Waals surface area (Å²) in [6, 6.07) is 0. The van der Waals surface area contributed by atoms with Crippen LogP contribution in [0.2, 0.25) is 0 Å². The van der Waals surface area contributed by atoms with Crippen molar-refractivity contribution in [3.8, 4) is 0 Å². The number of hydrogen-bond donors (Lipinski definition) is 1. The Balaban J connectivity index is 0. The highest BCUT2D eigenvalue weighted by Crippen LogP contribution is 1.81. The molecule has 0 fully saturated rings. The molecule has 0 aromatic carbocycles. The maximum Gasteiger partial charge on any atom is 0.508 e. The smallest absolute Gasteiger partial charge is 0.435 e. The van der Waals surface area contributed by atoms with Crippen LogP contribution in [-0.2, 0) is 9.47 Å². The quantitative estimate of drug-likeness (QED) is 0.652. The Labute approximate surface area is 73.5 Å². The Hall–Kier alpha value is -0.770. The van der Waals surface area contributed by atoms with E-state index >= 15 is 0 Å². The van der Waals surface area contributed by atoms with Crippen LogP contribution in [0.5, 0.6) is 0 Å². The summed E-state index contributed by atoms with van der Waals surface area (Å²) in [5.41, 5.74) is 0. The maximum atomic E-state index is 10.2. The molecule has 0 aromatic heterocycles. The van der Waals surface area contributed by atoms with Gasteiger partial charge in [0.15, 0.2) is 0 Å². The average molecular weight is 178 g/mol. The van der Waals surface area contributed by atoms with Crippen LogP contribution in [0.15, 0.2) is 0 Å². The van der Waals surface area contributed by atoms with E-state index < -0.39 is 6.16 Å². The monoisotopic (exact) mass is 178 g/mol. The fourth-order valence-corrected chi connectivity index (χ4v) is 0.277. The summed E-state index contributed by atoms with van der Waals surface area (Å²) in [5.74, 6) is 0. The van der Waals surface area contributed by atoms with Crippen LogP contribution in [0, 0.1) is 0 Å². The van der Waals surface area contributed by atoms with Gasteiger partial charge in [-0.2, -0.15) is 0 Å². The lowest BCUT2D eigenvalue weighted by Crippen LogP contribution is -2.05. The predicted octanol–water partition coefficient (Wildman–Crippen LogP) is 1.57. The van der Waals surface area contributed by atoms with Crippen molar-refractivity contribution >= 4 is 6.16 Å². The van der Waals surface area contributed by atoms with E-state index in [2.05, 4.69) is 9.47 Å². The molecule has 0 saturated carbocycles. The van der Waals surface area contributed by atoms with E-state index in [1.807, 2.05) is 0 Å². The van der Waals surface area contributed by atoms with Gasteiger partial charge in [-0.05, 0) is 27.7 Å². The van der Waals surface area contributed by atoms with Crippen molar-refractivity contribution in [1.82, 2.24) is 0 Å². The molecule has 0 heterocycles. The molecule has 0 unspecified atom stereocenters. The maximum absolute atomic E-state index is 10.2. The molecule has 0 aliphatic heterocycles. The first-order valence-electron chi connectivity index (χ1n) is 4.02. The first-order valence-corrected chi connectivity index (χ1v) is 4.02. The molecule has 12 heavy (non-hydrogen) atoms. The van der Waals surface area contributed by atoms with Gasteiger partial charge >= 0.3 is 6.16 Å². The van der Waals surface area contributed by atoms with Gasteiger partial charge in [0.2, 0.25) is 0 Å². The van der Waals surface area contributed by atoms with E-state index in [9.17, 15) is 4.79 Å². The van der Waals surface area contributed by atoms with Gasteiger partial charge in [-0.25, -0.2) is 4.79 Å². The SMILES string of the molecule is CC(C)O.CCOC(=O)OCC. The molecule has 0 spiro atoms. The third-order valence-corrected chi connectivity index (χ3v) is 0.524. The molecule has 0 atom stereocenters. The van der Waals surface area contributed by atoms with Crippen molar-refractivity contribution in [3.05, 3.63) is 0 Å². The minimum atomic E-state index is -0.588. The van der Waals surface area contributed by atoms with E-state index in [1.165, 1.54) is 0 Å². The van der Waals surface area contributed by atoms with E-state index in [0.717, 1.165) is 0 Å². The summed E-state index contributed by atoms with van der Waals surface area (Å²) in [7, 11) is 0. The number of aliphatic hydroxyl groups excluding tert-OH is 1. The second-order valence-electron chi connectivity index (χ2n) is 2.21. The summed E-state index contributed by atoms with van der Waals surface area (Å²) < 4.78 is 8.84. The molecule has 0 radical (unpaired) electrons. The van der Waals surface area contributed by atoms with Crippen LogP contribution in [-0.4, -0.2) is 30.6 Å². The lowest BCUT2D eigenvalue weighted by atomic mass is 10.5. The van der Waals surface area contributed by atoms with E-state index in [0.29, 0.717) is 13.2 Å². The molecule has 0 rings (SSSR count). The van der Waals surface area contributed by atoms with Gasteiger partial charge in [0, 0.05) is 6.10 Å². The number of hydrogen-bond acceptors (Lipinski definition) is 4. The van der Waals surface area contributed by atoms with Crippen LogP contribution in [0.25, 0.3) is 0 Å². The normalized spacial score (nSPS) is 8.50. The fourth-order valence-electron chi connectivity index (χ4n) is 0.277. The standard InChI is InChI=1S/C5H10O3.C3H8O/c1-3-7-5(6)8-4-2;1-3(2)4/h3-4H2,1-2H3;3-4H,1-2H3. The fraction of sp³-hybridized carbons (Fsp3) is 0.875. The summed E-state index contributed by atoms with van der Waals surface area (Å²) in [4.78, 5) is 10.2. The first kappa shape index (κ1) is 13.8. The van der Waals surface area contributed by atoms with Crippen molar-refractivity contribution in [3.63, 3.8) is 0 Å². The van der Waals surface area contributed by atoms with Crippen LogP contribution >= 0.6 is 0 Å². The Morgan fingerprint density at radius 2 is 1.50 bits per heavy atom. The molecule has 1 N–H and O–H groups in total. The summed E-state index contributed by atoms with van der Waals surface area (Å²) in [6.07, 6.45) is -0.755. The van der Waals surface area contributed by atoms with E-state index in [-0.39, 0.29) is 6.10 Å². The zero-order chi connectivity index (χ0) is 9.98. The van der Waals surface area contributed by atoms with Crippen molar-refractivity contribution in [2.75, 3.05) is 13.2 Å². The van der Waals surface area contributed by atoms with Gasteiger partial charge in [-0.3, -0.25) is 0 Å². The summed E-state index contributed by atoms with van der Waals surface area (Å²) in [6.45, 7) is 7.66. The van der Waals surface area contributed by atoms with Crippen molar-refractivity contribution in [2.24, 2.45) is 0 Å². The third kappa shape index (κ3) is 22.9. The summed E-state index contributed by atoms with van der Waals surface area (Å²) >= 11 is 0. The minimum absolute atomic E-state index is 0.167. The van der Waals surface area contributed by atoms with Gasteiger partial charge in [0.05, 0.1) is 13.2 Å². The van der Waals surface area contributed by atoms with Crippen molar-refractivity contribution in [1.29, 1.82) is 0 Å². The van der Waals surface area contributed by atoms with Crippen LogP contribution in [0.3, 0.4) is 0 Å². The highest BCUT2D eigenvalue weighted by molar-refractivity contribution is 5.59. The van der Waals surface area contributed by atoms with Gasteiger partial charge in [-0.1, -0.05) is 0 Å². The molecule has 4 nitrogen and oxygen atoms in total. The van der Waals surface area contributed by atoms with Crippen LogP contribution in [0.1, 0.15) is 27.7 Å². The number of ether oxygens (including phenoxy) is 2. The molecular formula is C8H18O4. The third-order valence-electron chi connectivity index (χ3n) is 0.524. The number of aliphatic hydroxyl groups is 1. The molecule has 0 aliphatic rings. The zero-order valence-corrected chi connectivity index (χ0v) is 8.16. The predicted molar refractivity (Wildman–Crippen MR) is 46.0 cm³/mol. The molecule has 0 bridgehead atoms. The number of carbonyl (C=O) groups is 1. The average Bonchev–Trinajstić information content (AvgIpc) is 1.87. The van der Waals surface area contributed by atoms with Gasteiger partial charge in [0.25, 0.3) is 0 Å². The zero-order valence-electron chi connectivity index (χ0n) is 8.16. The lowest BCUT2D eigenvalue weighted by molar-refractivity contribution is 0.0630. The Morgan fingerprint density at radius 3 is 1.67 bits per heavy atom. The van der Waals surface area contributed by atoms with Crippen molar-refractivity contribution in [2.45, 2.75) is 33.8 Å². The minimum Gasteiger partial charge on any atom is -0.435 e. The number of carbonyl (C=O) groups excluding carboxylic acids is 1. The second kappa shape index (κ2) is 10.2. The van der Waals surface area contributed by atoms with Gasteiger partial charge in [0.1, 0.15) is 0 Å². The Kier molecular flexibility index (Phi) is 11.8. The molecule has 0 aliphatic carbocycles. The highest BCUT2D eigenvalue weighted by Gasteiger charge is 1.96.